The van der Waals surface area contributed by atoms with Crippen molar-refractivity contribution >= 4 is 5.95 Å². The highest BCUT2D eigenvalue weighted by Crippen LogP contribution is 2.06. The van der Waals surface area contributed by atoms with E-state index < -0.39 is 0 Å². The standard InChI is InChI=1S/C8H9N3O2/c9-8-10-7(13-11-8)4-3-6-2-1-5-12-6/h1-2,5H,3-4H2,(H2,9,11). The molecule has 0 spiro atoms. The molecular weight excluding hydrogens is 170 g/mol. The van der Waals surface area contributed by atoms with Gasteiger partial charge in [-0.3, -0.25) is 0 Å². The fourth-order valence-corrected chi connectivity index (χ4v) is 1.05. The Bertz CT molecular complexity index is 366. The van der Waals surface area contributed by atoms with Gasteiger partial charge in [0.15, 0.2) is 0 Å². The van der Waals surface area contributed by atoms with Crippen molar-refractivity contribution in [2.24, 2.45) is 0 Å². The van der Waals surface area contributed by atoms with Gasteiger partial charge >= 0.3 is 0 Å². The molecule has 0 aliphatic carbocycles. The summed E-state index contributed by atoms with van der Waals surface area (Å²) < 4.78 is 9.98. The number of hydrogen-bond acceptors (Lipinski definition) is 5. The summed E-state index contributed by atoms with van der Waals surface area (Å²) in [5, 5.41) is 3.48. The van der Waals surface area contributed by atoms with Crippen molar-refractivity contribution in [1.82, 2.24) is 10.1 Å². The topological polar surface area (TPSA) is 78.1 Å². The van der Waals surface area contributed by atoms with E-state index in [0.29, 0.717) is 12.3 Å². The lowest BCUT2D eigenvalue weighted by molar-refractivity contribution is 0.374. The number of furan rings is 1. The van der Waals surface area contributed by atoms with Crippen molar-refractivity contribution < 1.29 is 8.94 Å². The Kier molecular flexibility index (Phi) is 1.99. The van der Waals surface area contributed by atoms with Gasteiger partial charge in [0, 0.05) is 12.8 Å². The first-order valence-electron chi connectivity index (χ1n) is 3.95. The molecule has 0 aliphatic heterocycles. The number of hydrogen-bond donors (Lipinski definition) is 1. The molecule has 2 N–H and O–H groups in total. The van der Waals surface area contributed by atoms with Crippen LogP contribution in [0.3, 0.4) is 0 Å². The van der Waals surface area contributed by atoms with E-state index in [1.807, 2.05) is 12.1 Å². The molecule has 68 valence electrons. The van der Waals surface area contributed by atoms with Gasteiger partial charge in [0.25, 0.3) is 5.95 Å². The third-order valence-corrected chi connectivity index (χ3v) is 1.65. The average Bonchev–Trinajstić information content (AvgIpc) is 2.71. The van der Waals surface area contributed by atoms with E-state index in [-0.39, 0.29) is 5.95 Å². The van der Waals surface area contributed by atoms with E-state index in [1.165, 1.54) is 0 Å². The molecule has 0 unspecified atom stereocenters. The van der Waals surface area contributed by atoms with Crippen LogP contribution in [-0.2, 0) is 12.8 Å². The molecular formula is C8H9N3O2. The van der Waals surface area contributed by atoms with Crippen LogP contribution >= 0.6 is 0 Å². The molecule has 0 saturated carbocycles. The highest BCUT2D eigenvalue weighted by molar-refractivity contribution is 5.11. The highest BCUT2D eigenvalue weighted by Gasteiger charge is 2.04. The molecule has 0 aliphatic rings. The number of anilines is 1. The van der Waals surface area contributed by atoms with Gasteiger partial charge in [0.05, 0.1) is 6.26 Å². The van der Waals surface area contributed by atoms with E-state index in [9.17, 15) is 0 Å². The Morgan fingerprint density at radius 3 is 2.92 bits per heavy atom. The van der Waals surface area contributed by atoms with Crippen LogP contribution in [0.15, 0.2) is 27.3 Å². The van der Waals surface area contributed by atoms with Crippen LogP contribution in [0.1, 0.15) is 11.7 Å². The van der Waals surface area contributed by atoms with Crippen LogP contribution in [0.2, 0.25) is 0 Å². The number of aryl methyl sites for hydroxylation is 2. The Morgan fingerprint density at radius 2 is 2.31 bits per heavy atom. The molecule has 2 aromatic rings. The lowest BCUT2D eigenvalue weighted by Gasteiger charge is -1.90. The van der Waals surface area contributed by atoms with Gasteiger partial charge in [-0.15, -0.1) is 0 Å². The van der Waals surface area contributed by atoms with E-state index >= 15 is 0 Å². The quantitative estimate of drug-likeness (QED) is 0.761. The van der Waals surface area contributed by atoms with E-state index in [0.717, 1.165) is 12.2 Å². The third-order valence-electron chi connectivity index (χ3n) is 1.65. The van der Waals surface area contributed by atoms with Gasteiger partial charge in [0.2, 0.25) is 5.89 Å². The zero-order valence-corrected chi connectivity index (χ0v) is 6.93. The molecule has 2 aromatic heterocycles. The molecule has 0 atom stereocenters. The van der Waals surface area contributed by atoms with E-state index in [1.54, 1.807) is 6.26 Å². The summed E-state index contributed by atoms with van der Waals surface area (Å²) in [5.74, 6) is 1.61. The summed E-state index contributed by atoms with van der Waals surface area (Å²) in [5.41, 5.74) is 5.29. The summed E-state index contributed by atoms with van der Waals surface area (Å²) >= 11 is 0. The van der Waals surface area contributed by atoms with Gasteiger partial charge in [0.1, 0.15) is 5.76 Å². The molecule has 0 amide bonds. The average molecular weight is 179 g/mol. The Morgan fingerprint density at radius 1 is 1.38 bits per heavy atom. The highest BCUT2D eigenvalue weighted by atomic mass is 16.5. The predicted octanol–water partition coefficient (Wildman–Crippen LogP) is 1.03. The molecule has 0 fully saturated rings. The van der Waals surface area contributed by atoms with Gasteiger partial charge in [-0.2, -0.15) is 4.98 Å². The molecule has 2 rings (SSSR count). The Hall–Kier alpha value is -1.78. The summed E-state index contributed by atoms with van der Waals surface area (Å²) in [6, 6.07) is 3.75. The van der Waals surface area contributed by atoms with Gasteiger partial charge in [-0.1, -0.05) is 0 Å². The largest absolute Gasteiger partial charge is 0.469 e. The van der Waals surface area contributed by atoms with Crippen LogP contribution in [0.5, 0.6) is 0 Å². The number of aromatic nitrogens is 2. The van der Waals surface area contributed by atoms with Crippen LogP contribution < -0.4 is 5.73 Å². The molecule has 0 saturated heterocycles. The summed E-state index contributed by atoms with van der Waals surface area (Å²) in [6.45, 7) is 0. The van der Waals surface area contributed by atoms with Crippen molar-refractivity contribution in [3.63, 3.8) is 0 Å². The number of nitrogens with zero attached hydrogens (tertiary/aromatic N) is 2. The number of rotatable bonds is 3. The minimum atomic E-state index is 0.175. The molecule has 2 heterocycles. The van der Waals surface area contributed by atoms with Crippen molar-refractivity contribution in [3.05, 3.63) is 30.0 Å². The second-order valence-corrected chi connectivity index (χ2v) is 2.63. The first kappa shape index (κ1) is 7.85. The van der Waals surface area contributed by atoms with Crippen molar-refractivity contribution in [2.45, 2.75) is 12.8 Å². The van der Waals surface area contributed by atoms with Crippen LogP contribution in [0, 0.1) is 0 Å². The number of nitrogen functional groups attached to an aromatic ring is 1. The lowest BCUT2D eigenvalue weighted by Crippen LogP contribution is -1.91. The molecule has 5 nitrogen and oxygen atoms in total. The van der Waals surface area contributed by atoms with Crippen molar-refractivity contribution in [2.75, 3.05) is 5.73 Å². The van der Waals surface area contributed by atoms with E-state index in [2.05, 4.69) is 10.1 Å². The second kappa shape index (κ2) is 3.30. The smallest absolute Gasteiger partial charge is 0.260 e. The third kappa shape index (κ3) is 1.87. The van der Waals surface area contributed by atoms with E-state index in [4.69, 9.17) is 14.7 Å². The molecule has 0 bridgehead atoms. The van der Waals surface area contributed by atoms with Crippen LogP contribution in [0.25, 0.3) is 0 Å². The minimum Gasteiger partial charge on any atom is -0.469 e. The van der Waals surface area contributed by atoms with Gasteiger partial charge in [-0.25, -0.2) is 0 Å². The first-order chi connectivity index (χ1) is 6.34. The Balaban J connectivity index is 1.93. The maximum atomic E-state index is 5.29. The molecule has 0 radical (unpaired) electrons. The van der Waals surface area contributed by atoms with Crippen LogP contribution in [0.4, 0.5) is 5.95 Å². The lowest BCUT2D eigenvalue weighted by atomic mass is 10.2. The summed E-state index contributed by atoms with van der Waals surface area (Å²) in [4.78, 5) is 3.87. The summed E-state index contributed by atoms with van der Waals surface area (Å²) in [7, 11) is 0. The SMILES string of the molecule is Nc1noc(CCc2ccco2)n1. The normalized spacial score (nSPS) is 10.5. The molecule has 5 heteroatoms. The predicted molar refractivity (Wildman–Crippen MR) is 44.8 cm³/mol. The zero-order chi connectivity index (χ0) is 9.10. The van der Waals surface area contributed by atoms with Crippen molar-refractivity contribution in [1.29, 1.82) is 0 Å². The fraction of sp³-hybridized carbons (Fsp3) is 0.250. The van der Waals surface area contributed by atoms with Crippen molar-refractivity contribution in [3.8, 4) is 0 Å². The zero-order valence-electron chi connectivity index (χ0n) is 6.93. The molecule has 0 aromatic carbocycles. The summed E-state index contributed by atoms with van der Waals surface area (Å²) in [6.07, 6.45) is 3.03. The second-order valence-electron chi connectivity index (χ2n) is 2.63. The minimum absolute atomic E-state index is 0.175. The monoisotopic (exact) mass is 179 g/mol. The fourth-order valence-electron chi connectivity index (χ4n) is 1.05. The van der Waals surface area contributed by atoms with Gasteiger partial charge < -0.3 is 14.7 Å². The number of nitrogens with two attached hydrogens (primary N) is 1. The van der Waals surface area contributed by atoms with Crippen LogP contribution in [-0.4, -0.2) is 10.1 Å². The Labute approximate surface area is 74.5 Å². The van der Waals surface area contributed by atoms with Gasteiger partial charge in [-0.05, 0) is 17.3 Å². The maximum absolute atomic E-state index is 5.29. The molecule has 13 heavy (non-hydrogen) atoms. The maximum Gasteiger partial charge on any atom is 0.260 e. The first-order valence-corrected chi connectivity index (χ1v) is 3.95.